The van der Waals surface area contributed by atoms with Gasteiger partial charge in [0, 0.05) is 12.8 Å². The van der Waals surface area contributed by atoms with Gasteiger partial charge in [-0.15, -0.1) is 0 Å². The van der Waals surface area contributed by atoms with Crippen LogP contribution in [-0.2, 0) is 14.3 Å². The maximum Gasteiger partial charge on any atom is 0.305 e. The Morgan fingerprint density at radius 1 is 0.389 bits per heavy atom. The topological polar surface area (TPSA) is 95.9 Å². The quantitative estimate of drug-likeness (QED) is 0.0320. The summed E-state index contributed by atoms with van der Waals surface area (Å²) >= 11 is 0. The first-order chi connectivity index (χ1) is 35.5. The Labute approximate surface area is 449 Å². The molecule has 2 unspecified atom stereocenters. The zero-order valence-electron chi connectivity index (χ0n) is 48.4. The number of aliphatic hydroxyl groups is 2. The maximum absolute atomic E-state index is 12.5. The van der Waals surface area contributed by atoms with Gasteiger partial charge in [-0.3, -0.25) is 9.59 Å². The normalized spacial score (nSPS) is 12.8. The van der Waals surface area contributed by atoms with Crippen LogP contribution in [0.5, 0.6) is 0 Å². The van der Waals surface area contributed by atoms with Gasteiger partial charge in [0.05, 0.1) is 25.4 Å². The lowest BCUT2D eigenvalue weighted by atomic mass is 10.0. The van der Waals surface area contributed by atoms with Gasteiger partial charge in [0.1, 0.15) is 0 Å². The molecule has 0 fully saturated rings. The second-order valence-electron chi connectivity index (χ2n) is 22.1. The number of hydrogen-bond donors (Lipinski definition) is 3. The molecule has 0 aliphatic heterocycles. The van der Waals surface area contributed by atoms with Crippen molar-refractivity contribution < 1.29 is 24.5 Å². The number of allylic oxidation sites excluding steroid dienone is 5. The van der Waals surface area contributed by atoms with Gasteiger partial charge in [0.15, 0.2) is 0 Å². The largest absolute Gasteiger partial charge is 0.466 e. The van der Waals surface area contributed by atoms with E-state index in [1.807, 2.05) is 6.08 Å². The molecule has 0 aromatic carbocycles. The molecule has 0 heterocycles. The van der Waals surface area contributed by atoms with E-state index in [4.69, 9.17) is 4.74 Å². The lowest BCUT2D eigenvalue weighted by molar-refractivity contribution is -0.143. The average Bonchev–Trinajstić information content (AvgIpc) is 3.38. The molecule has 0 aromatic rings. The number of unbranched alkanes of at least 4 members (excludes halogenated alkanes) is 45. The number of amides is 1. The highest BCUT2D eigenvalue weighted by molar-refractivity contribution is 5.76. The van der Waals surface area contributed by atoms with E-state index >= 15 is 0 Å². The number of nitrogens with one attached hydrogen (secondary N) is 1. The molecule has 0 saturated heterocycles. The van der Waals surface area contributed by atoms with Crippen molar-refractivity contribution in [2.75, 3.05) is 13.2 Å². The summed E-state index contributed by atoms with van der Waals surface area (Å²) in [4.78, 5) is 24.6. The van der Waals surface area contributed by atoms with Gasteiger partial charge in [-0.25, -0.2) is 0 Å². The van der Waals surface area contributed by atoms with Gasteiger partial charge in [0.25, 0.3) is 0 Å². The molecule has 0 spiro atoms. The Bertz CT molecular complexity index is 1170. The molecule has 424 valence electrons. The monoisotopic (exact) mass is 1010 g/mol. The second-order valence-corrected chi connectivity index (χ2v) is 22.1. The molecule has 2 atom stereocenters. The molecule has 72 heavy (non-hydrogen) atoms. The van der Waals surface area contributed by atoms with Crippen LogP contribution in [0.2, 0.25) is 0 Å². The average molecular weight is 1010 g/mol. The number of rotatable bonds is 60. The number of carbonyl (C=O) groups is 2. The van der Waals surface area contributed by atoms with Crippen LogP contribution in [0.4, 0.5) is 0 Å². The van der Waals surface area contributed by atoms with Gasteiger partial charge in [0.2, 0.25) is 5.91 Å². The summed E-state index contributed by atoms with van der Waals surface area (Å²) in [5.74, 6) is -0.0716. The molecule has 0 rings (SSSR count). The lowest BCUT2D eigenvalue weighted by Crippen LogP contribution is -2.45. The van der Waals surface area contributed by atoms with E-state index in [0.29, 0.717) is 19.4 Å². The van der Waals surface area contributed by atoms with Crippen molar-refractivity contribution in [1.29, 1.82) is 0 Å². The van der Waals surface area contributed by atoms with E-state index in [9.17, 15) is 19.8 Å². The minimum Gasteiger partial charge on any atom is -0.466 e. The molecule has 0 aliphatic carbocycles. The third kappa shape index (κ3) is 57.4. The Kier molecular flexibility index (Phi) is 60.0. The SMILES string of the molecule is CCCC/C=C\C/C=C\CCCCCCCC(=O)OCCCCCCCCCCCCCCCCCCCCCCC(=O)NC(CO)C(O)/C=C/CCCCCCCCCCCCCCCCCCCCC. The molecule has 0 radical (unpaired) electrons. The summed E-state index contributed by atoms with van der Waals surface area (Å²) in [6, 6.07) is -0.631. The van der Waals surface area contributed by atoms with Gasteiger partial charge >= 0.3 is 5.97 Å². The Morgan fingerprint density at radius 3 is 1.10 bits per heavy atom. The van der Waals surface area contributed by atoms with Crippen molar-refractivity contribution in [3.8, 4) is 0 Å². The van der Waals surface area contributed by atoms with Crippen molar-refractivity contribution in [2.24, 2.45) is 0 Å². The van der Waals surface area contributed by atoms with Crippen LogP contribution in [0.1, 0.15) is 348 Å². The fraction of sp³-hybridized carbons (Fsp3) is 0.879. The van der Waals surface area contributed by atoms with Crippen LogP contribution in [0.15, 0.2) is 36.5 Å². The summed E-state index contributed by atoms with van der Waals surface area (Å²) in [6.07, 6.45) is 77.6. The Hall–Kier alpha value is -1.92. The summed E-state index contributed by atoms with van der Waals surface area (Å²) in [5, 5.41) is 23.2. The Morgan fingerprint density at radius 2 is 0.708 bits per heavy atom. The van der Waals surface area contributed by atoms with E-state index in [2.05, 4.69) is 43.5 Å². The minimum absolute atomic E-state index is 0.00441. The van der Waals surface area contributed by atoms with Crippen molar-refractivity contribution >= 4 is 11.9 Å². The van der Waals surface area contributed by atoms with Crippen LogP contribution in [0.3, 0.4) is 0 Å². The molecule has 0 saturated carbocycles. The van der Waals surface area contributed by atoms with Crippen LogP contribution in [-0.4, -0.2) is 47.4 Å². The van der Waals surface area contributed by atoms with E-state index in [-0.39, 0.29) is 18.5 Å². The predicted molar refractivity (Wildman–Crippen MR) is 315 cm³/mol. The summed E-state index contributed by atoms with van der Waals surface area (Å²) < 4.78 is 5.47. The van der Waals surface area contributed by atoms with Crippen LogP contribution in [0.25, 0.3) is 0 Å². The number of aliphatic hydroxyl groups excluding tert-OH is 2. The maximum atomic E-state index is 12.5. The number of carbonyl (C=O) groups excluding carboxylic acids is 2. The highest BCUT2D eigenvalue weighted by Crippen LogP contribution is 2.18. The zero-order valence-corrected chi connectivity index (χ0v) is 48.4. The van der Waals surface area contributed by atoms with Crippen molar-refractivity contribution in [3.05, 3.63) is 36.5 Å². The molecular weight excluding hydrogens is 887 g/mol. The fourth-order valence-electron chi connectivity index (χ4n) is 9.95. The van der Waals surface area contributed by atoms with Gasteiger partial charge in [-0.05, 0) is 57.8 Å². The second kappa shape index (κ2) is 61.6. The smallest absolute Gasteiger partial charge is 0.305 e. The Balaban J connectivity index is 3.43. The van der Waals surface area contributed by atoms with Crippen molar-refractivity contribution in [1.82, 2.24) is 5.32 Å². The lowest BCUT2D eigenvalue weighted by Gasteiger charge is -2.20. The molecule has 6 heteroatoms. The zero-order chi connectivity index (χ0) is 52.2. The standard InChI is InChI=1S/C66H125NO5/c1-3-5-7-9-11-13-15-17-19-20-21-22-25-28-31-34-38-42-46-50-54-58-64(69)63(62-68)67-65(70)59-55-51-47-43-39-35-32-29-26-23-24-27-30-33-37-41-45-49-53-57-61-72-66(71)60-56-52-48-44-40-36-18-16-14-12-10-8-6-4-2/h10,12,16,18,54,58,63-64,68-69H,3-9,11,13-15,17,19-53,55-57,59-62H2,1-2H3,(H,67,70)/b12-10-,18-16-,58-54+. The van der Waals surface area contributed by atoms with Crippen LogP contribution in [0, 0.1) is 0 Å². The van der Waals surface area contributed by atoms with Gasteiger partial charge < -0.3 is 20.3 Å². The third-order valence-electron chi connectivity index (χ3n) is 14.9. The van der Waals surface area contributed by atoms with E-state index < -0.39 is 12.1 Å². The third-order valence-corrected chi connectivity index (χ3v) is 14.9. The molecule has 1 amide bonds. The molecule has 0 aromatic heterocycles. The highest BCUT2D eigenvalue weighted by atomic mass is 16.5. The van der Waals surface area contributed by atoms with Crippen LogP contribution >= 0.6 is 0 Å². The molecule has 6 nitrogen and oxygen atoms in total. The fourth-order valence-corrected chi connectivity index (χ4v) is 9.95. The first kappa shape index (κ1) is 70.1. The molecule has 3 N–H and O–H groups in total. The molecule has 0 aliphatic rings. The van der Waals surface area contributed by atoms with Crippen molar-refractivity contribution in [2.45, 2.75) is 360 Å². The summed E-state index contributed by atoms with van der Waals surface area (Å²) in [5.41, 5.74) is 0. The minimum atomic E-state index is -0.847. The predicted octanol–water partition coefficient (Wildman–Crippen LogP) is 20.4. The number of esters is 1. The number of ether oxygens (including phenoxy) is 1. The van der Waals surface area contributed by atoms with E-state index in [1.165, 1.54) is 270 Å². The first-order valence-corrected chi connectivity index (χ1v) is 32.3. The van der Waals surface area contributed by atoms with Gasteiger partial charge in [-0.2, -0.15) is 0 Å². The van der Waals surface area contributed by atoms with Crippen molar-refractivity contribution in [3.63, 3.8) is 0 Å². The van der Waals surface area contributed by atoms with E-state index in [1.54, 1.807) is 6.08 Å². The van der Waals surface area contributed by atoms with Gasteiger partial charge in [-0.1, -0.05) is 314 Å². The summed E-state index contributed by atoms with van der Waals surface area (Å²) in [7, 11) is 0. The first-order valence-electron chi connectivity index (χ1n) is 32.3. The van der Waals surface area contributed by atoms with E-state index in [0.717, 1.165) is 51.4 Å². The summed E-state index contributed by atoms with van der Waals surface area (Å²) in [6.45, 7) is 4.88. The molecular formula is C66H125NO5. The van der Waals surface area contributed by atoms with Crippen LogP contribution < -0.4 is 5.32 Å². The number of hydrogen-bond acceptors (Lipinski definition) is 5. The molecule has 0 bridgehead atoms. The highest BCUT2D eigenvalue weighted by Gasteiger charge is 2.18.